The van der Waals surface area contributed by atoms with Crippen LogP contribution in [0.3, 0.4) is 0 Å². The lowest BCUT2D eigenvalue weighted by molar-refractivity contribution is 0.0502. The van der Waals surface area contributed by atoms with E-state index in [1.165, 1.54) is 6.33 Å². The molecule has 1 aromatic heterocycles. The number of ether oxygens (including phenoxy) is 4. The van der Waals surface area contributed by atoms with Crippen LogP contribution < -0.4 is 14.8 Å². The van der Waals surface area contributed by atoms with Gasteiger partial charge in [0.2, 0.25) is 11.8 Å². The average molecular weight is 479 g/mol. The SMILES string of the molecule is COCCSC1=CC=CC(C)(Oc2ncnc(OC3CCN(C(=O)OC(C)C)CC3)c2C)N1. The van der Waals surface area contributed by atoms with Crippen LogP contribution in [0.1, 0.15) is 39.2 Å². The number of hydrogen-bond acceptors (Lipinski definition) is 9. The molecular formula is C23H34N4O5S. The first-order chi connectivity index (χ1) is 15.8. The highest BCUT2D eigenvalue weighted by molar-refractivity contribution is 8.03. The second kappa shape index (κ2) is 11.6. The van der Waals surface area contributed by atoms with E-state index in [4.69, 9.17) is 18.9 Å². The third-order valence-electron chi connectivity index (χ3n) is 5.19. The third-order valence-corrected chi connectivity index (χ3v) is 6.11. The van der Waals surface area contributed by atoms with Crippen molar-refractivity contribution in [3.8, 4) is 11.8 Å². The zero-order valence-corrected chi connectivity index (χ0v) is 20.8. The minimum absolute atomic E-state index is 0.0374. The average Bonchev–Trinajstić information content (AvgIpc) is 2.77. The summed E-state index contributed by atoms with van der Waals surface area (Å²) in [7, 11) is 1.69. The number of nitrogens with one attached hydrogen (secondary N) is 1. The first kappa shape index (κ1) is 25.2. The van der Waals surface area contributed by atoms with Crippen LogP contribution >= 0.6 is 11.8 Å². The normalized spacial score (nSPS) is 20.9. The summed E-state index contributed by atoms with van der Waals surface area (Å²) in [5.74, 6) is 1.80. The van der Waals surface area contributed by atoms with Gasteiger partial charge in [-0.15, -0.1) is 11.8 Å². The standard InChI is InChI=1S/C23H34N4O5S/c1-16(2)30-22(28)27-11-8-18(9-12-27)31-20-17(3)21(25-15-24-20)32-23(4)10-6-7-19(26-23)33-14-13-29-5/h6-7,10,15-16,18,26H,8-9,11-14H2,1-5H3. The van der Waals surface area contributed by atoms with Crippen LogP contribution in [0.15, 0.2) is 29.6 Å². The number of methoxy groups -OCH3 is 1. The molecule has 3 heterocycles. The first-order valence-electron chi connectivity index (χ1n) is 11.2. The smallest absolute Gasteiger partial charge is 0.410 e. The number of thioether (sulfide) groups is 1. The Morgan fingerprint density at radius 1 is 1.30 bits per heavy atom. The summed E-state index contributed by atoms with van der Waals surface area (Å²) in [6.45, 7) is 9.39. The van der Waals surface area contributed by atoms with E-state index in [1.54, 1.807) is 23.8 Å². The Labute approximate surface area is 199 Å². The number of nitrogens with zero attached hydrogens (tertiary/aromatic N) is 3. The Morgan fingerprint density at radius 2 is 2.03 bits per heavy atom. The molecule has 0 bridgehead atoms. The van der Waals surface area contributed by atoms with E-state index >= 15 is 0 Å². The van der Waals surface area contributed by atoms with E-state index in [0.29, 0.717) is 44.3 Å². The number of rotatable bonds is 9. The van der Waals surface area contributed by atoms with Gasteiger partial charge >= 0.3 is 6.09 Å². The minimum Gasteiger partial charge on any atom is -0.474 e. The highest BCUT2D eigenvalue weighted by atomic mass is 32.2. The Bertz CT molecular complexity index is 870. The molecule has 1 fully saturated rings. The topological polar surface area (TPSA) is 95.0 Å². The molecule has 33 heavy (non-hydrogen) atoms. The van der Waals surface area contributed by atoms with Crippen molar-refractivity contribution in [1.82, 2.24) is 20.2 Å². The van der Waals surface area contributed by atoms with Gasteiger partial charge in [-0.05, 0) is 39.8 Å². The molecular weight excluding hydrogens is 444 g/mol. The number of amides is 1. The lowest BCUT2D eigenvalue weighted by atomic mass is 10.1. The van der Waals surface area contributed by atoms with E-state index in [1.807, 2.05) is 45.9 Å². The molecule has 2 aliphatic heterocycles. The van der Waals surface area contributed by atoms with Gasteiger partial charge in [0.15, 0.2) is 5.72 Å². The van der Waals surface area contributed by atoms with Gasteiger partial charge in [0.05, 0.1) is 23.3 Å². The van der Waals surface area contributed by atoms with E-state index in [2.05, 4.69) is 15.3 Å². The number of likely N-dealkylation sites (tertiary alicyclic amines) is 1. The molecule has 2 aliphatic rings. The quantitative estimate of drug-likeness (QED) is 0.534. The number of dihydropyridines is 1. The molecule has 1 saturated heterocycles. The second-order valence-corrected chi connectivity index (χ2v) is 9.55. The molecule has 1 aromatic rings. The fourth-order valence-corrected chi connectivity index (χ4v) is 4.38. The summed E-state index contributed by atoms with van der Waals surface area (Å²) in [6, 6.07) is 0. The Morgan fingerprint density at radius 3 is 2.73 bits per heavy atom. The van der Waals surface area contributed by atoms with E-state index in [0.717, 1.165) is 16.3 Å². The number of aromatic nitrogens is 2. The lowest BCUT2D eigenvalue weighted by Crippen LogP contribution is -2.46. The van der Waals surface area contributed by atoms with Crippen LogP contribution in [-0.4, -0.2) is 71.5 Å². The van der Waals surface area contributed by atoms with E-state index in [-0.39, 0.29) is 18.3 Å². The van der Waals surface area contributed by atoms with E-state index in [9.17, 15) is 4.79 Å². The van der Waals surface area contributed by atoms with Crippen molar-refractivity contribution in [3.63, 3.8) is 0 Å². The number of hydrogen-bond donors (Lipinski definition) is 1. The summed E-state index contributed by atoms with van der Waals surface area (Å²) in [6.07, 6.45) is 8.36. The fourth-order valence-electron chi connectivity index (χ4n) is 3.46. The lowest BCUT2D eigenvalue weighted by Gasteiger charge is -2.33. The molecule has 1 amide bonds. The largest absolute Gasteiger partial charge is 0.474 e. The third kappa shape index (κ3) is 7.26. The molecule has 0 radical (unpaired) electrons. The minimum atomic E-state index is -0.747. The summed E-state index contributed by atoms with van der Waals surface area (Å²) < 4.78 is 22.8. The molecule has 9 nitrogen and oxygen atoms in total. The monoisotopic (exact) mass is 478 g/mol. The molecule has 3 rings (SSSR count). The molecule has 1 unspecified atom stereocenters. The predicted molar refractivity (Wildman–Crippen MR) is 127 cm³/mol. The van der Waals surface area contributed by atoms with Crippen LogP contribution in [0.5, 0.6) is 11.8 Å². The summed E-state index contributed by atoms with van der Waals surface area (Å²) in [5.41, 5.74) is -0.0124. The van der Waals surface area contributed by atoms with Gasteiger partial charge in [-0.25, -0.2) is 14.8 Å². The van der Waals surface area contributed by atoms with Gasteiger partial charge < -0.3 is 29.2 Å². The zero-order chi connectivity index (χ0) is 23.8. The van der Waals surface area contributed by atoms with Gasteiger partial charge in [0, 0.05) is 38.8 Å². The molecule has 0 saturated carbocycles. The predicted octanol–water partition coefficient (Wildman–Crippen LogP) is 3.65. The highest BCUT2D eigenvalue weighted by Crippen LogP contribution is 2.30. The number of allylic oxidation sites excluding steroid dienone is 2. The Hall–Kier alpha value is -2.46. The van der Waals surface area contributed by atoms with Crippen LogP contribution in [0.25, 0.3) is 0 Å². The van der Waals surface area contributed by atoms with Crippen molar-refractivity contribution >= 4 is 17.9 Å². The second-order valence-electron chi connectivity index (χ2n) is 8.41. The number of carbonyl (C=O) groups is 1. The summed E-state index contributed by atoms with van der Waals surface area (Å²) in [4.78, 5) is 22.5. The van der Waals surface area contributed by atoms with Crippen molar-refractivity contribution < 1.29 is 23.7 Å². The van der Waals surface area contributed by atoms with Gasteiger partial charge in [0.25, 0.3) is 0 Å². The van der Waals surface area contributed by atoms with Crippen molar-refractivity contribution in [3.05, 3.63) is 35.1 Å². The van der Waals surface area contributed by atoms with Crippen LogP contribution in [0.2, 0.25) is 0 Å². The maximum atomic E-state index is 12.1. The summed E-state index contributed by atoms with van der Waals surface area (Å²) >= 11 is 1.67. The maximum absolute atomic E-state index is 12.1. The number of piperidine rings is 1. The molecule has 0 aromatic carbocycles. The fraction of sp³-hybridized carbons (Fsp3) is 0.609. The Kier molecular flexibility index (Phi) is 8.85. The Balaban J connectivity index is 1.57. The molecule has 182 valence electrons. The van der Waals surface area contributed by atoms with Gasteiger partial charge in [-0.2, -0.15) is 0 Å². The van der Waals surface area contributed by atoms with Crippen molar-refractivity contribution in [2.24, 2.45) is 0 Å². The van der Waals surface area contributed by atoms with Crippen molar-refractivity contribution in [1.29, 1.82) is 0 Å². The van der Waals surface area contributed by atoms with Gasteiger partial charge in [0.1, 0.15) is 12.4 Å². The van der Waals surface area contributed by atoms with Crippen LogP contribution in [-0.2, 0) is 9.47 Å². The van der Waals surface area contributed by atoms with Crippen molar-refractivity contribution in [2.45, 2.75) is 58.5 Å². The molecule has 0 aliphatic carbocycles. The molecule has 1 N–H and O–H groups in total. The number of carbonyl (C=O) groups excluding carboxylic acids is 1. The maximum Gasteiger partial charge on any atom is 0.410 e. The van der Waals surface area contributed by atoms with Gasteiger partial charge in [-0.1, -0.05) is 6.08 Å². The first-order valence-corrected chi connectivity index (χ1v) is 12.2. The molecule has 10 heteroatoms. The van der Waals surface area contributed by atoms with Crippen LogP contribution in [0, 0.1) is 6.92 Å². The highest BCUT2D eigenvalue weighted by Gasteiger charge is 2.29. The molecule has 0 spiro atoms. The van der Waals surface area contributed by atoms with E-state index < -0.39 is 5.72 Å². The zero-order valence-electron chi connectivity index (χ0n) is 20.0. The van der Waals surface area contributed by atoms with Crippen molar-refractivity contribution in [2.75, 3.05) is 32.6 Å². The molecule has 1 atom stereocenters. The summed E-state index contributed by atoms with van der Waals surface area (Å²) in [5, 5.41) is 4.41. The van der Waals surface area contributed by atoms with Gasteiger partial charge in [-0.3, -0.25) is 0 Å². The van der Waals surface area contributed by atoms with Crippen LogP contribution in [0.4, 0.5) is 4.79 Å².